The number of nitrogens with one attached hydrogen (secondary N) is 1. The Morgan fingerprint density at radius 2 is 1.73 bits per heavy atom. The molecule has 0 unspecified atom stereocenters. The van der Waals surface area contributed by atoms with Crippen molar-refractivity contribution in [1.29, 1.82) is 0 Å². The third kappa shape index (κ3) is 5.19. The zero-order valence-corrected chi connectivity index (χ0v) is 12.4. The van der Waals surface area contributed by atoms with Gasteiger partial charge in [0.2, 0.25) is 11.8 Å². The summed E-state index contributed by atoms with van der Waals surface area (Å²) >= 11 is 0. The summed E-state index contributed by atoms with van der Waals surface area (Å²) in [6.07, 6.45) is -9.61. The Labute approximate surface area is 140 Å². The van der Waals surface area contributed by atoms with Gasteiger partial charge >= 0.3 is 12.4 Å². The Hall–Kier alpha value is -3.12. The second-order valence-electron chi connectivity index (χ2n) is 4.74. The molecule has 0 atom stereocenters. The second kappa shape index (κ2) is 7.01. The van der Waals surface area contributed by atoms with Gasteiger partial charge in [0.25, 0.3) is 5.69 Å². The number of rotatable bonds is 5. The van der Waals surface area contributed by atoms with E-state index in [0.29, 0.717) is 0 Å². The van der Waals surface area contributed by atoms with Gasteiger partial charge in [0.15, 0.2) is 6.61 Å². The number of ether oxygens (including phenoxy) is 1. The van der Waals surface area contributed by atoms with E-state index in [4.69, 9.17) is 0 Å². The van der Waals surface area contributed by atoms with Crippen LogP contribution in [0.25, 0.3) is 0 Å². The highest BCUT2D eigenvalue weighted by Crippen LogP contribution is 2.36. The zero-order valence-electron chi connectivity index (χ0n) is 12.4. The van der Waals surface area contributed by atoms with Crippen molar-refractivity contribution in [2.24, 2.45) is 0 Å². The summed E-state index contributed by atoms with van der Waals surface area (Å²) in [4.78, 5) is 16.5. The summed E-state index contributed by atoms with van der Waals surface area (Å²) in [6, 6.07) is 4.64. The lowest BCUT2D eigenvalue weighted by Crippen LogP contribution is -2.22. The van der Waals surface area contributed by atoms with E-state index in [0.717, 1.165) is 12.1 Å². The number of nitro benzene ring substituents is 1. The van der Waals surface area contributed by atoms with Gasteiger partial charge in [0.1, 0.15) is 5.56 Å². The molecule has 0 spiro atoms. The van der Waals surface area contributed by atoms with Crippen molar-refractivity contribution >= 4 is 17.3 Å². The number of anilines is 2. The Morgan fingerprint density at radius 3 is 2.23 bits per heavy atom. The minimum atomic E-state index is -5.02. The minimum absolute atomic E-state index is 0.164. The largest absolute Gasteiger partial charge is 0.467 e. The third-order valence-electron chi connectivity index (χ3n) is 2.77. The van der Waals surface area contributed by atoms with Crippen LogP contribution in [0.15, 0.2) is 30.5 Å². The van der Waals surface area contributed by atoms with Gasteiger partial charge in [0.05, 0.1) is 4.92 Å². The summed E-state index contributed by atoms with van der Waals surface area (Å²) in [5.41, 5.74) is -1.65. The van der Waals surface area contributed by atoms with E-state index in [2.05, 4.69) is 20.0 Å². The van der Waals surface area contributed by atoms with E-state index < -0.39 is 41.3 Å². The molecule has 1 heterocycles. The number of nitrogens with zero attached hydrogens (tertiary/aromatic N) is 3. The van der Waals surface area contributed by atoms with Gasteiger partial charge in [0, 0.05) is 24.0 Å². The van der Waals surface area contributed by atoms with Crippen molar-refractivity contribution < 1.29 is 36.0 Å². The predicted molar refractivity (Wildman–Crippen MR) is 75.0 cm³/mol. The van der Waals surface area contributed by atoms with Gasteiger partial charge in [-0.05, 0) is 12.1 Å². The van der Waals surface area contributed by atoms with Crippen LogP contribution in [-0.4, -0.2) is 27.7 Å². The molecule has 26 heavy (non-hydrogen) atoms. The number of hydrogen-bond acceptors (Lipinski definition) is 6. The number of alkyl halides is 6. The summed E-state index contributed by atoms with van der Waals surface area (Å²) in [5, 5.41) is 13.0. The van der Waals surface area contributed by atoms with Crippen LogP contribution in [0.2, 0.25) is 0 Å². The van der Waals surface area contributed by atoms with Crippen LogP contribution in [0, 0.1) is 10.1 Å². The molecule has 2 aromatic rings. The first-order valence-electron chi connectivity index (χ1n) is 6.61. The molecule has 0 aliphatic rings. The van der Waals surface area contributed by atoms with E-state index in [1.54, 1.807) is 0 Å². The molecule has 0 fully saturated rings. The summed E-state index contributed by atoms with van der Waals surface area (Å²) in [6.45, 7) is -1.97. The highest BCUT2D eigenvalue weighted by atomic mass is 19.4. The van der Waals surface area contributed by atoms with Crippen molar-refractivity contribution in [3.63, 3.8) is 0 Å². The lowest BCUT2D eigenvalue weighted by Gasteiger charge is -2.15. The molecule has 1 aromatic carbocycles. The first kappa shape index (κ1) is 19.2. The lowest BCUT2D eigenvalue weighted by molar-refractivity contribution is -0.384. The van der Waals surface area contributed by atoms with Crippen LogP contribution >= 0.6 is 0 Å². The monoisotopic (exact) mass is 382 g/mol. The van der Waals surface area contributed by atoms with Crippen molar-refractivity contribution in [3.05, 3.63) is 46.1 Å². The van der Waals surface area contributed by atoms with Crippen LogP contribution in [0.3, 0.4) is 0 Å². The number of halogens is 6. The zero-order chi connectivity index (χ0) is 19.5. The number of nitro groups is 1. The smallest absolute Gasteiger partial charge is 0.423 e. The van der Waals surface area contributed by atoms with E-state index in [1.165, 1.54) is 12.1 Å². The Bertz CT molecular complexity index is 792. The molecule has 0 saturated heterocycles. The fourth-order valence-corrected chi connectivity index (χ4v) is 1.68. The molecule has 2 rings (SSSR count). The van der Waals surface area contributed by atoms with Crippen LogP contribution in [0.4, 0.5) is 43.7 Å². The maximum Gasteiger partial charge on any atom is 0.423 e. The second-order valence-corrected chi connectivity index (χ2v) is 4.74. The number of benzene rings is 1. The first-order valence-corrected chi connectivity index (χ1v) is 6.61. The van der Waals surface area contributed by atoms with Crippen LogP contribution in [0.1, 0.15) is 5.56 Å². The summed E-state index contributed by atoms with van der Waals surface area (Å²) < 4.78 is 79.2. The third-order valence-corrected chi connectivity index (χ3v) is 2.77. The molecule has 0 saturated carbocycles. The molecule has 0 aliphatic heterocycles. The van der Waals surface area contributed by atoms with Crippen molar-refractivity contribution in [2.45, 2.75) is 12.4 Å². The molecule has 13 heteroatoms. The molecule has 140 valence electrons. The van der Waals surface area contributed by atoms with E-state index in [9.17, 15) is 36.5 Å². The van der Waals surface area contributed by atoms with Crippen molar-refractivity contribution in [1.82, 2.24) is 9.97 Å². The van der Waals surface area contributed by atoms with Gasteiger partial charge < -0.3 is 10.1 Å². The highest BCUT2D eigenvalue weighted by molar-refractivity contribution is 5.56. The SMILES string of the molecule is O=[N+]([O-])c1ccc(Nc2ncc(C(F)(F)F)c(OCC(F)(F)F)n2)cc1. The summed E-state index contributed by atoms with van der Waals surface area (Å²) in [7, 11) is 0. The van der Waals surface area contributed by atoms with Crippen LogP contribution < -0.4 is 10.1 Å². The number of non-ortho nitro benzene ring substituents is 1. The van der Waals surface area contributed by atoms with Crippen molar-refractivity contribution in [2.75, 3.05) is 11.9 Å². The average Bonchev–Trinajstić information content (AvgIpc) is 2.52. The number of hydrogen-bond donors (Lipinski definition) is 1. The maximum atomic E-state index is 12.8. The normalized spacial score (nSPS) is 11.9. The molecule has 1 aromatic heterocycles. The molecule has 0 bridgehead atoms. The Balaban J connectivity index is 2.27. The van der Waals surface area contributed by atoms with E-state index in [1.807, 2.05) is 0 Å². The van der Waals surface area contributed by atoms with E-state index >= 15 is 0 Å². The number of aromatic nitrogens is 2. The van der Waals surface area contributed by atoms with Crippen molar-refractivity contribution in [3.8, 4) is 5.88 Å². The quantitative estimate of drug-likeness (QED) is 0.476. The fourth-order valence-electron chi connectivity index (χ4n) is 1.68. The molecular formula is C13H8F6N4O3. The standard InChI is InChI=1S/C13H8F6N4O3/c14-12(15,16)6-26-10-9(13(17,18)19)5-20-11(22-10)21-7-1-3-8(4-2-7)23(24)25/h1-5H,6H2,(H,20,21,22). The molecule has 0 amide bonds. The molecule has 1 N–H and O–H groups in total. The Kier molecular flexibility index (Phi) is 5.18. The lowest BCUT2D eigenvalue weighted by atomic mass is 10.3. The minimum Gasteiger partial charge on any atom is -0.467 e. The molecular weight excluding hydrogens is 374 g/mol. The first-order chi connectivity index (χ1) is 12.0. The van der Waals surface area contributed by atoms with E-state index in [-0.39, 0.29) is 17.6 Å². The van der Waals surface area contributed by atoms with Gasteiger partial charge in [-0.1, -0.05) is 0 Å². The molecule has 7 nitrogen and oxygen atoms in total. The van der Waals surface area contributed by atoms with Gasteiger partial charge in [-0.2, -0.15) is 31.3 Å². The van der Waals surface area contributed by atoms with Crippen LogP contribution in [-0.2, 0) is 6.18 Å². The van der Waals surface area contributed by atoms with Gasteiger partial charge in [-0.15, -0.1) is 0 Å². The highest BCUT2D eigenvalue weighted by Gasteiger charge is 2.38. The predicted octanol–water partition coefficient (Wildman–Crippen LogP) is 4.09. The summed E-state index contributed by atoms with van der Waals surface area (Å²) in [5.74, 6) is -1.78. The average molecular weight is 382 g/mol. The van der Waals surface area contributed by atoms with Gasteiger partial charge in [-0.3, -0.25) is 10.1 Å². The topological polar surface area (TPSA) is 90.2 Å². The van der Waals surface area contributed by atoms with Gasteiger partial charge in [-0.25, -0.2) is 4.98 Å². The Morgan fingerprint density at radius 1 is 1.12 bits per heavy atom. The maximum absolute atomic E-state index is 12.8. The molecule has 0 radical (unpaired) electrons. The fraction of sp³-hybridized carbons (Fsp3) is 0.231. The van der Waals surface area contributed by atoms with Crippen LogP contribution in [0.5, 0.6) is 5.88 Å². The molecule has 0 aliphatic carbocycles.